The first-order valence-corrected chi connectivity index (χ1v) is 4.76. The minimum atomic E-state index is -0.0496. The van der Waals surface area contributed by atoms with E-state index in [2.05, 4.69) is 36.8 Å². The normalized spacial score (nSPS) is 23.3. The second-order valence-corrected chi connectivity index (χ2v) is 4.08. The predicted molar refractivity (Wildman–Crippen MR) is 53.9 cm³/mol. The molecule has 0 aromatic rings. The van der Waals surface area contributed by atoms with Crippen LogP contribution < -0.4 is 5.32 Å². The molecular formula is C8H16N2OS. The van der Waals surface area contributed by atoms with Gasteiger partial charge in [0, 0.05) is 11.3 Å². The minimum Gasteiger partial charge on any atom is -0.463 e. The lowest BCUT2D eigenvalue weighted by atomic mass is 10.1. The predicted octanol–water partition coefficient (Wildman–Crippen LogP) is 1.06. The Balaban J connectivity index is 2.46. The summed E-state index contributed by atoms with van der Waals surface area (Å²) in [4.78, 5) is 4.27. The zero-order chi connectivity index (χ0) is 9.19. The third kappa shape index (κ3) is 2.59. The fraction of sp³-hybridized carbons (Fsp3) is 0.875. The Morgan fingerprint density at radius 3 is 2.83 bits per heavy atom. The Morgan fingerprint density at radius 2 is 2.42 bits per heavy atom. The van der Waals surface area contributed by atoms with Gasteiger partial charge in [0.15, 0.2) is 0 Å². The van der Waals surface area contributed by atoms with Gasteiger partial charge in [0.05, 0.1) is 6.04 Å². The highest BCUT2D eigenvalue weighted by atomic mass is 32.1. The van der Waals surface area contributed by atoms with Crippen molar-refractivity contribution in [1.82, 2.24) is 5.32 Å². The van der Waals surface area contributed by atoms with Gasteiger partial charge in [-0.1, -0.05) is 0 Å². The maximum absolute atomic E-state index is 5.31. The monoisotopic (exact) mass is 188 g/mol. The molecule has 0 unspecified atom stereocenters. The summed E-state index contributed by atoms with van der Waals surface area (Å²) in [5.74, 6) is 0.754. The molecule has 1 aliphatic rings. The molecule has 0 aromatic carbocycles. The maximum atomic E-state index is 5.31. The number of nitrogens with zero attached hydrogens (tertiary/aromatic N) is 1. The molecule has 1 aliphatic heterocycles. The molecule has 70 valence electrons. The number of nitrogens with one attached hydrogen (secondary N) is 1. The number of hydrogen-bond donors (Lipinski definition) is 2. The van der Waals surface area contributed by atoms with Crippen LogP contribution in [0.1, 0.15) is 20.8 Å². The molecule has 0 fully saturated rings. The molecule has 0 aromatic heterocycles. The van der Waals surface area contributed by atoms with E-state index in [-0.39, 0.29) is 11.6 Å². The molecule has 0 saturated heterocycles. The summed E-state index contributed by atoms with van der Waals surface area (Å²) in [5, 5.41) is 3.19. The third-order valence-corrected chi connectivity index (χ3v) is 2.43. The van der Waals surface area contributed by atoms with Crippen molar-refractivity contribution in [2.24, 2.45) is 4.99 Å². The van der Waals surface area contributed by atoms with Crippen molar-refractivity contribution in [3.05, 3.63) is 0 Å². The lowest BCUT2D eigenvalue weighted by molar-refractivity contribution is 0.298. The highest BCUT2D eigenvalue weighted by Crippen LogP contribution is 2.08. The largest absolute Gasteiger partial charge is 0.463 e. The van der Waals surface area contributed by atoms with Crippen LogP contribution in [0.4, 0.5) is 0 Å². The van der Waals surface area contributed by atoms with Crippen LogP contribution in [-0.4, -0.2) is 30.0 Å². The summed E-state index contributed by atoms with van der Waals surface area (Å²) in [6, 6.07) is 0.935. The van der Waals surface area contributed by atoms with Crippen molar-refractivity contribution in [3.63, 3.8) is 0 Å². The van der Waals surface area contributed by atoms with Gasteiger partial charge in [-0.3, -0.25) is 0 Å². The lowest BCUT2D eigenvalue weighted by Gasteiger charge is -2.23. The van der Waals surface area contributed by atoms with Crippen molar-refractivity contribution < 1.29 is 4.74 Å². The Hall–Kier alpha value is -0.380. The summed E-state index contributed by atoms with van der Waals surface area (Å²) in [5.41, 5.74) is -0.0496. The molecule has 1 rings (SSSR count). The number of ether oxygens (including phenoxy) is 1. The van der Waals surface area contributed by atoms with Crippen molar-refractivity contribution in [2.45, 2.75) is 32.4 Å². The average Bonchev–Trinajstić information content (AvgIpc) is 2.35. The lowest BCUT2D eigenvalue weighted by Crippen LogP contribution is -2.45. The van der Waals surface area contributed by atoms with Gasteiger partial charge >= 0.3 is 0 Å². The van der Waals surface area contributed by atoms with Crippen molar-refractivity contribution in [3.8, 4) is 0 Å². The van der Waals surface area contributed by atoms with Crippen molar-refractivity contribution >= 4 is 18.7 Å². The molecule has 0 amide bonds. The fourth-order valence-electron chi connectivity index (χ4n) is 0.872. The van der Waals surface area contributed by atoms with Gasteiger partial charge < -0.3 is 10.1 Å². The third-order valence-electron chi connectivity index (χ3n) is 1.64. The number of hydrogen-bond acceptors (Lipinski definition) is 4. The summed E-state index contributed by atoms with van der Waals surface area (Å²) in [7, 11) is 0. The van der Waals surface area contributed by atoms with Gasteiger partial charge in [-0.05, 0) is 20.8 Å². The Morgan fingerprint density at radius 1 is 1.75 bits per heavy atom. The highest BCUT2D eigenvalue weighted by molar-refractivity contribution is 7.80. The van der Waals surface area contributed by atoms with E-state index in [0.29, 0.717) is 12.6 Å². The standard InChI is InChI=1S/C8H16N2OS/c1-6-4-11-7(9-6)10-8(2,3)5-12/h6,12H,4-5H2,1-3H3,(H,9,10)/t6-/m0/s1. The Kier molecular flexibility index (Phi) is 2.88. The van der Waals surface area contributed by atoms with Crippen LogP contribution in [0.25, 0.3) is 0 Å². The first-order valence-electron chi connectivity index (χ1n) is 4.13. The number of rotatable bonds is 2. The van der Waals surface area contributed by atoms with E-state index in [0.717, 1.165) is 5.75 Å². The fourth-order valence-corrected chi connectivity index (χ4v) is 0.951. The van der Waals surface area contributed by atoms with E-state index in [9.17, 15) is 0 Å². The number of amidine groups is 1. The number of aliphatic imine (C=N–C) groups is 1. The number of thiol groups is 1. The van der Waals surface area contributed by atoms with E-state index in [1.165, 1.54) is 0 Å². The zero-order valence-electron chi connectivity index (χ0n) is 7.79. The quantitative estimate of drug-likeness (QED) is 0.635. The van der Waals surface area contributed by atoms with Crippen molar-refractivity contribution in [2.75, 3.05) is 12.4 Å². The Labute approximate surface area is 79.0 Å². The van der Waals surface area contributed by atoms with Crippen LogP contribution >= 0.6 is 12.6 Å². The van der Waals surface area contributed by atoms with Crippen molar-refractivity contribution in [1.29, 1.82) is 0 Å². The van der Waals surface area contributed by atoms with Gasteiger partial charge in [-0.25, -0.2) is 4.99 Å². The van der Waals surface area contributed by atoms with Crippen LogP contribution in [-0.2, 0) is 4.74 Å². The molecule has 1 atom stereocenters. The van der Waals surface area contributed by atoms with Crippen LogP contribution in [0.5, 0.6) is 0 Å². The maximum Gasteiger partial charge on any atom is 0.285 e. The molecule has 1 heterocycles. The highest BCUT2D eigenvalue weighted by Gasteiger charge is 2.21. The molecule has 0 spiro atoms. The van der Waals surface area contributed by atoms with E-state index in [1.807, 2.05) is 6.92 Å². The SMILES string of the molecule is C[C@H]1COC(NC(C)(C)CS)=N1. The van der Waals surface area contributed by atoms with E-state index < -0.39 is 0 Å². The molecule has 4 heteroatoms. The molecule has 1 N–H and O–H groups in total. The van der Waals surface area contributed by atoms with Gasteiger partial charge in [0.25, 0.3) is 6.02 Å². The van der Waals surface area contributed by atoms with E-state index >= 15 is 0 Å². The Bertz CT molecular complexity index is 191. The first kappa shape index (κ1) is 9.71. The zero-order valence-corrected chi connectivity index (χ0v) is 8.69. The van der Waals surface area contributed by atoms with Gasteiger partial charge in [-0.15, -0.1) is 0 Å². The summed E-state index contributed by atoms with van der Waals surface area (Å²) in [6.45, 7) is 6.84. The minimum absolute atomic E-state index is 0.0496. The molecule has 0 radical (unpaired) electrons. The second-order valence-electron chi connectivity index (χ2n) is 3.76. The van der Waals surface area contributed by atoms with E-state index in [1.54, 1.807) is 0 Å². The first-order chi connectivity index (χ1) is 5.53. The van der Waals surface area contributed by atoms with Crippen LogP contribution in [0.2, 0.25) is 0 Å². The molecule has 0 bridgehead atoms. The summed E-state index contributed by atoms with van der Waals surface area (Å²) >= 11 is 4.22. The van der Waals surface area contributed by atoms with Gasteiger partial charge in [0.2, 0.25) is 0 Å². The topological polar surface area (TPSA) is 33.6 Å². The molecular weight excluding hydrogens is 172 g/mol. The van der Waals surface area contributed by atoms with Crippen LogP contribution in [0, 0.1) is 0 Å². The van der Waals surface area contributed by atoms with Crippen LogP contribution in [0.3, 0.4) is 0 Å². The van der Waals surface area contributed by atoms with E-state index in [4.69, 9.17) is 4.74 Å². The van der Waals surface area contributed by atoms with Crippen LogP contribution in [0.15, 0.2) is 4.99 Å². The van der Waals surface area contributed by atoms with Gasteiger partial charge in [-0.2, -0.15) is 12.6 Å². The molecule has 3 nitrogen and oxygen atoms in total. The smallest absolute Gasteiger partial charge is 0.285 e. The molecule has 12 heavy (non-hydrogen) atoms. The average molecular weight is 188 g/mol. The summed E-state index contributed by atoms with van der Waals surface area (Å²) in [6.07, 6.45) is 0. The molecule has 0 aliphatic carbocycles. The summed E-state index contributed by atoms with van der Waals surface area (Å²) < 4.78 is 5.31. The second kappa shape index (κ2) is 3.56. The van der Waals surface area contributed by atoms with Gasteiger partial charge in [0.1, 0.15) is 6.61 Å². The molecule has 0 saturated carbocycles.